The van der Waals surface area contributed by atoms with Gasteiger partial charge < -0.3 is 15.8 Å². The van der Waals surface area contributed by atoms with E-state index in [1.54, 1.807) is 0 Å². The quantitative estimate of drug-likeness (QED) is 0.831. The van der Waals surface area contributed by atoms with Gasteiger partial charge in [0, 0.05) is 11.6 Å². The maximum atomic E-state index is 12.0. The molecule has 3 N–H and O–H groups in total. The summed E-state index contributed by atoms with van der Waals surface area (Å²) in [5.74, 6) is 0.348. The van der Waals surface area contributed by atoms with Gasteiger partial charge in [-0.3, -0.25) is 0 Å². The van der Waals surface area contributed by atoms with E-state index in [1.807, 2.05) is 45.0 Å². The molecule has 0 aliphatic heterocycles. The molecule has 1 saturated carbocycles. The molecule has 4 nitrogen and oxygen atoms in total. The van der Waals surface area contributed by atoms with Crippen LogP contribution < -0.4 is 11.1 Å². The van der Waals surface area contributed by atoms with Crippen LogP contribution in [0.1, 0.15) is 52.0 Å². The number of nitrogens with one attached hydrogen (secondary N) is 1. The first kappa shape index (κ1) is 14.7. The molecule has 0 radical (unpaired) electrons. The molecule has 2 atom stereocenters. The van der Waals surface area contributed by atoms with E-state index in [-0.39, 0.29) is 11.6 Å². The first-order valence-electron chi connectivity index (χ1n) is 7.12. The van der Waals surface area contributed by atoms with Crippen LogP contribution in [-0.4, -0.2) is 17.2 Å². The number of benzene rings is 1. The van der Waals surface area contributed by atoms with Gasteiger partial charge in [-0.25, -0.2) is 4.79 Å². The van der Waals surface area contributed by atoms with Crippen molar-refractivity contribution < 1.29 is 9.53 Å². The number of carbonyl (C=O) groups excluding carboxylic acids is 1. The molecule has 0 spiro atoms. The van der Waals surface area contributed by atoms with Crippen molar-refractivity contribution in [2.24, 2.45) is 0 Å². The number of hydrogen-bond donors (Lipinski definition) is 2. The van der Waals surface area contributed by atoms with E-state index in [4.69, 9.17) is 10.5 Å². The maximum Gasteiger partial charge on any atom is 0.408 e. The minimum absolute atomic E-state index is 0.168. The summed E-state index contributed by atoms with van der Waals surface area (Å²) in [6, 6.07) is 7.88. The number of ether oxygens (including phenoxy) is 1. The lowest BCUT2D eigenvalue weighted by molar-refractivity contribution is 0.0493. The molecular formula is C16H24N2O2. The molecule has 4 heteroatoms. The van der Waals surface area contributed by atoms with Gasteiger partial charge in [0.05, 0.1) is 5.54 Å². The van der Waals surface area contributed by atoms with E-state index in [0.717, 1.165) is 18.5 Å². The molecule has 0 heterocycles. The molecule has 2 unspecified atom stereocenters. The lowest BCUT2D eigenvalue weighted by Crippen LogP contribution is -2.41. The molecule has 110 valence electrons. The molecule has 0 aromatic heterocycles. The Bertz CT molecular complexity index is 490. The smallest absolute Gasteiger partial charge is 0.408 e. The van der Waals surface area contributed by atoms with Crippen LogP contribution in [0.2, 0.25) is 0 Å². The van der Waals surface area contributed by atoms with Crippen LogP contribution in [0.3, 0.4) is 0 Å². The van der Waals surface area contributed by atoms with E-state index in [2.05, 4.69) is 12.2 Å². The average Bonchev–Trinajstić information content (AvgIpc) is 3.02. The van der Waals surface area contributed by atoms with Crippen molar-refractivity contribution in [3.05, 3.63) is 29.8 Å². The predicted octanol–water partition coefficient (Wildman–Crippen LogP) is 3.43. The zero-order valence-electron chi connectivity index (χ0n) is 12.7. The van der Waals surface area contributed by atoms with E-state index in [1.165, 1.54) is 5.56 Å². The van der Waals surface area contributed by atoms with Crippen molar-refractivity contribution in [2.75, 3.05) is 5.73 Å². The molecule has 1 aromatic rings. The summed E-state index contributed by atoms with van der Waals surface area (Å²) in [5, 5.41) is 3.04. The molecular weight excluding hydrogens is 252 g/mol. The zero-order chi connectivity index (χ0) is 15.0. The molecule has 1 fully saturated rings. The van der Waals surface area contributed by atoms with Crippen LogP contribution in [-0.2, 0) is 4.74 Å². The Hall–Kier alpha value is -1.71. The average molecular weight is 276 g/mol. The largest absolute Gasteiger partial charge is 0.444 e. The summed E-state index contributed by atoms with van der Waals surface area (Å²) >= 11 is 0. The first-order valence-corrected chi connectivity index (χ1v) is 7.12. The van der Waals surface area contributed by atoms with Gasteiger partial charge in [0.1, 0.15) is 5.60 Å². The molecule has 20 heavy (non-hydrogen) atoms. The molecule has 0 bridgehead atoms. The highest BCUT2D eigenvalue weighted by atomic mass is 16.6. The van der Waals surface area contributed by atoms with Crippen molar-refractivity contribution in [1.82, 2.24) is 5.32 Å². The molecule has 2 rings (SSSR count). The lowest BCUT2D eigenvalue weighted by atomic mass is 10.0. The topological polar surface area (TPSA) is 64.3 Å². The predicted molar refractivity (Wildman–Crippen MR) is 80.6 cm³/mol. The standard InChI is InChI=1S/C16H24N2O2/c1-5-16(18-14(19)20-15(2,3)4)10-13(16)11-6-8-12(17)9-7-11/h6-9,13H,5,10,17H2,1-4H3,(H,18,19). The number of nitrogens with two attached hydrogens (primary N) is 1. The second-order valence-electron chi connectivity index (χ2n) is 6.56. The van der Waals surface area contributed by atoms with Gasteiger partial charge in [-0.15, -0.1) is 0 Å². The van der Waals surface area contributed by atoms with E-state index < -0.39 is 5.60 Å². The molecule has 1 aliphatic rings. The summed E-state index contributed by atoms with van der Waals surface area (Å²) in [5.41, 5.74) is 7.05. The fourth-order valence-electron chi connectivity index (χ4n) is 2.59. The van der Waals surface area contributed by atoms with E-state index >= 15 is 0 Å². The molecule has 0 saturated heterocycles. The van der Waals surface area contributed by atoms with Crippen LogP contribution in [0.5, 0.6) is 0 Å². The van der Waals surface area contributed by atoms with Crippen molar-refractivity contribution in [2.45, 2.75) is 57.6 Å². The number of nitrogen functional groups attached to an aromatic ring is 1. The van der Waals surface area contributed by atoms with Gasteiger partial charge in [-0.05, 0) is 51.3 Å². The normalized spacial score (nSPS) is 25.1. The molecule has 1 amide bonds. The van der Waals surface area contributed by atoms with E-state index in [0.29, 0.717) is 5.92 Å². The summed E-state index contributed by atoms with van der Waals surface area (Å²) in [7, 11) is 0. The van der Waals surface area contributed by atoms with Gasteiger partial charge in [-0.2, -0.15) is 0 Å². The maximum absolute atomic E-state index is 12.0. The lowest BCUT2D eigenvalue weighted by Gasteiger charge is -2.23. The van der Waals surface area contributed by atoms with Crippen LogP contribution in [0.15, 0.2) is 24.3 Å². The van der Waals surface area contributed by atoms with Gasteiger partial charge in [-0.1, -0.05) is 19.1 Å². The number of anilines is 1. The number of alkyl carbamates (subject to hydrolysis) is 1. The number of rotatable bonds is 3. The summed E-state index contributed by atoms with van der Waals surface area (Å²) in [6.07, 6.45) is 1.51. The SMILES string of the molecule is CCC1(NC(=O)OC(C)(C)C)CC1c1ccc(N)cc1. The fourth-order valence-corrected chi connectivity index (χ4v) is 2.59. The van der Waals surface area contributed by atoms with Crippen molar-refractivity contribution in [1.29, 1.82) is 0 Å². The number of hydrogen-bond acceptors (Lipinski definition) is 3. The summed E-state index contributed by atoms with van der Waals surface area (Å²) < 4.78 is 5.35. The number of amides is 1. The Morgan fingerprint density at radius 2 is 2.00 bits per heavy atom. The third-order valence-electron chi connectivity index (χ3n) is 3.79. The van der Waals surface area contributed by atoms with Crippen molar-refractivity contribution >= 4 is 11.8 Å². The molecule has 1 aliphatic carbocycles. The van der Waals surface area contributed by atoms with Gasteiger partial charge in [0.15, 0.2) is 0 Å². The Morgan fingerprint density at radius 1 is 1.40 bits per heavy atom. The van der Waals surface area contributed by atoms with E-state index in [9.17, 15) is 4.79 Å². The molecule has 1 aromatic carbocycles. The van der Waals surface area contributed by atoms with Gasteiger partial charge in [0.25, 0.3) is 0 Å². The monoisotopic (exact) mass is 276 g/mol. The first-order chi connectivity index (χ1) is 9.26. The number of carbonyl (C=O) groups is 1. The van der Waals surface area contributed by atoms with Crippen molar-refractivity contribution in [3.63, 3.8) is 0 Å². The fraction of sp³-hybridized carbons (Fsp3) is 0.562. The Balaban J connectivity index is 2.03. The third-order valence-corrected chi connectivity index (χ3v) is 3.79. The third kappa shape index (κ3) is 3.24. The summed E-state index contributed by atoms with van der Waals surface area (Å²) in [4.78, 5) is 12.0. The van der Waals surface area contributed by atoms with Gasteiger partial charge >= 0.3 is 6.09 Å². The van der Waals surface area contributed by atoms with Crippen LogP contribution >= 0.6 is 0 Å². The zero-order valence-corrected chi connectivity index (χ0v) is 12.7. The van der Waals surface area contributed by atoms with Crippen LogP contribution in [0, 0.1) is 0 Å². The Morgan fingerprint density at radius 3 is 2.50 bits per heavy atom. The Labute approximate surface area is 120 Å². The Kier molecular flexibility index (Phi) is 3.67. The summed E-state index contributed by atoms with van der Waals surface area (Å²) in [6.45, 7) is 7.70. The van der Waals surface area contributed by atoms with Crippen LogP contribution in [0.4, 0.5) is 10.5 Å². The van der Waals surface area contributed by atoms with Crippen LogP contribution in [0.25, 0.3) is 0 Å². The minimum atomic E-state index is -0.468. The highest BCUT2D eigenvalue weighted by Gasteiger charge is 2.54. The van der Waals surface area contributed by atoms with Gasteiger partial charge in [0.2, 0.25) is 0 Å². The highest BCUT2D eigenvalue weighted by molar-refractivity contribution is 5.70. The highest BCUT2D eigenvalue weighted by Crippen LogP contribution is 2.53. The second kappa shape index (κ2) is 5.00. The van der Waals surface area contributed by atoms with Crippen molar-refractivity contribution in [3.8, 4) is 0 Å². The minimum Gasteiger partial charge on any atom is -0.444 e. The second-order valence-corrected chi connectivity index (χ2v) is 6.56.